The van der Waals surface area contributed by atoms with E-state index in [1.165, 1.54) is 7.11 Å². The third kappa shape index (κ3) is 4.57. The van der Waals surface area contributed by atoms with Gasteiger partial charge in [-0.25, -0.2) is 9.78 Å². The summed E-state index contributed by atoms with van der Waals surface area (Å²) in [6.07, 6.45) is 0.976. The van der Waals surface area contributed by atoms with Crippen LogP contribution < -0.4 is 11.1 Å². The highest BCUT2D eigenvalue weighted by atomic mass is 16.5. The van der Waals surface area contributed by atoms with Gasteiger partial charge in [0.25, 0.3) is 0 Å². The van der Waals surface area contributed by atoms with Crippen LogP contribution in [0.25, 0.3) is 0 Å². The smallest absolute Gasteiger partial charge is 0.356 e. The van der Waals surface area contributed by atoms with Crippen LogP contribution in [0.1, 0.15) is 16.9 Å². The number of hydrogen-bond donors (Lipinski definition) is 2. The lowest BCUT2D eigenvalue weighted by Gasteiger charge is -2.26. The van der Waals surface area contributed by atoms with Crippen LogP contribution >= 0.6 is 0 Å². The van der Waals surface area contributed by atoms with Crippen LogP contribution in [0, 0.1) is 0 Å². The monoisotopic (exact) mass is 294 g/mol. The average molecular weight is 294 g/mol. The van der Waals surface area contributed by atoms with Crippen LogP contribution in [0.2, 0.25) is 0 Å². The minimum absolute atomic E-state index is 0.252. The number of hydrogen-bond acceptors (Lipinski definition) is 7. The van der Waals surface area contributed by atoms with Crippen molar-refractivity contribution < 1.29 is 14.3 Å². The number of aromatic nitrogens is 1. The molecule has 1 aliphatic heterocycles. The molecule has 1 aromatic rings. The number of ether oxygens (including phenoxy) is 2. The lowest BCUT2D eigenvalue weighted by Crippen LogP contribution is -2.37. The molecule has 0 aliphatic carbocycles. The Morgan fingerprint density at radius 3 is 2.95 bits per heavy atom. The van der Waals surface area contributed by atoms with Gasteiger partial charge in [-0.1, -0.05) is 0 Å². The molecular weight excluding hydrogens is 272 g/mol. The molecule has 7 nitrogen and oxygen atoms in total. The van der Waals surface area contributed by atoms with Crippen LogP contribution in [0.4, 0.5) is 11.5 Å². The highest BCUT2D eigenvalue weighted by Crippen LogP contribution is 2.16. The van der Waals surface area contributed by atoms with Crippen molar-refractivity contribution in [2.45, 2.75) is 6.42 Å². The second-order valence-corrected chi connectivity index (χ2v) is 4.86. The number of nitrogens with one attached hydrogen (secondary N) is 1. The number of carbonyl (C=O) groups is 1. The molecule has 0 spiro atoms. The maximum atomic E-state index is 11.4. The van der Waals surface area contributed by atoms with E-state index in [0.29, 0.717) is 11.5 Å². The van der Waals surface area contributed by atoms with Gasteiger partial charge in [0.1, 0.15) is 5.82 Å². The van der Waals surface area contributed by atoms with Crippen molar-refractivity contribution in [2.24, 2.45) is 0 Å². The number of esters is 1. The van der Waals surface area contributed by atoms with Crippen molar-refractivity contribution in [1.82, 2.24) is 9.88 Å². The van der Waals surface area contributed by atoms with E-state index in [4.69, 9.17) is 10.5 Å². The van der Waals surface area contributed by atoms with Gasteiger partial charge in [-0.2, -0.15) is 0 Å². The lowest BCUT2D eigenvalue weighted by molar-refractivity contribution is 0.0378. The molecule has 116 valence electrons. The minimum atomic E-state index is -0.466. The fraction of sp³-hybridized carbons (Fsp3) is 0.571. The highest BCUT2D eigenvalue weighted by Gasteiger charge is 2.11. The fourth-order valence-corrected chi connectivity index (χ4v) is 2.16. The molecule has 1 fully saturated rings. The zero-order chi connectivity index (χ0) is 15.1. The molecule has 2 heterocycles. The van der Waals surface area contributed by atoms with E-state index in [0.717, 1.165) is 45.8 Å². The predicted octanol–water partition coefficient (Wildman–Crippen LogP) is 0.585. The molecule has 1 aliphatic rings. The molecular formula is C14H22N4O3. The number of pyridine rings is 1. The summed E-state index contributed by atoms with van der Waals surface area (Å²) in [6.45, 7) is 5.34. The summed E-state index contributed by atoms with van der Waals surface area (Å²) in [6, 6.07) is 3.21. The molecule has 3 N–H and O–H groups in total. The van der Waals surface area contributed by atoms with Crippen molar-refractivity contribution in [3.05, 3.63) is 17.8 Å². The van der Waals surface area contributed by atoms with Crippen molar-refractivity contribution in [1.29, 1.82) is 0 Å². The van der Waals surface area contributed by atoms with Crippen molar-refractivity contribution in [3.63, 3.8) is 0 Å². The Hall–Kier alpha value is -1.86. The van der Waals surface area contributed by atoms with Crippen molar-refractivity contribution in [3.8, 4) is 0 Å². The molecule has 7 heteroatoms. The lowest BCUT2D eigenvalue weighted by atomic mass is 10.3. The quantitative estimate of drug-likeness (QED) is 0.586. The topological polar surface area (TPSA) is 89.7 Å². The Morgan fingerprint density at radius 2 is 2.24 bits per heavy atom. The molecule has 1 saturated heterocycles. The first-order valence-corrected chi connectivity index (χ1v) is 7.09. The van der Waals surface area contributed by atoms with E-state index in [2.05, 4.69) is 19.9 Å². The van der Waals surface area contributed by atoms with Crippen LogP contribution in [-0.2, 0) is 9.47 Å². The van der Waals surface area contributed by atoms with Gasteiger partial charge in [-0.05, 0) is 25.1 Å². The molecule has 21 heavy (non-hydrogen) atoms. The van der Waals surface area contributed by atoms with E-state index in [9.17, 15) is 4.79 Å². The van der Waals surface area contributed by atoms with Crippen LogP contribution in [0.15, 0.2) is 12.1 Å². The second kappa shape index (κ2) is 7.80. The molecule has 0 unspecified atom stereocenters. The third-order valence-electron chi connectivity index (χ3n) is 3.37. The zero-order valence-corrected chi connectivity index (χ0v) is 12.3. The normalized spacial score (nSPS) is 15.7. The summed E-state index contributed by atoms with van der Waals surface area (Å²) in [5, 5.41) is 3.17. The van der Waals surface area contributed by atoms with E-state index in [-0.39, 0.29) is 5.69 Å². The number of nitrogens with two attached hydrogens (primary N) is 1. The Kier molecular flexibility index (Phi) is 5.77. The first kappa shape index (κ1) is 15.5. The Labute approximate surface area is 124 Å². The number of rotatable bonds is 6. The van der Waals surface area contributed by atoms with Gasteiger partial charge in [0.15, 0.2) is 5.69 Å². The number of methoxy groups -OCH3 is 1. The van der Waals surface area contributed by atoms with Gasteiger partial charge in [-0.15, -0.1) is 0 Å². The Balaban J connectivity index is 1.80. The molecule has 0 atom stereocenters. The molecule has 0 aromatic carbocycles. The number of nitrogens with zero attached hydrogens (tertiary/aromatic N) is 2. The molecule has 0 bridgehead atoms. The second-order valence-electron chi connectivity index (χ2n) is 4.86. The standard InChI is InChI=1S/C14H22N4O3/c1-20-14(19)12-4-3-11(15)13(17-12)16-5-2-6-18-7-9-21-10-8-18/h3-4H,2,5-10,15H2,1H3,(H,16,17). The summed E-state index contributed by atoms with van der Waals surface area (Å²) >= 11 is 0. The number of anilines is 2. The molecule has 0 radical (unpaired) electrons. The predicted molar refractivity (Wildman–Crippen MR) is 80.4 cm³/mol. The van der Waals surface area contributed by atoms with Gasteiger partial charge >= 0.3 is 5.97 Å². The molecule has 1 aromatic heterocycles. The zero-order valence-electron chi connectivity index (χ0n) is 12.3. The summed E-state index contributed by atoms with van der Waals surface area (Å²) in [4.78, 5) is 18.0. The van der Waals surface area contributed by atoms with E-state index in [1.807, 2.05) is 0 Å². The highest BCUT2D eigenvalue weighted by molar-refractivity contribution is 5.88. The summed E-state index contributed by atoms with van der Waals surface area (Å²) in [5.74, 6) is 0.0613. The average Bonchev–Trinajstić information content (AvgIpc) is 2.53. The van der Waals surface area contributed by atoms with Gasteiger partial charge in [0.05, 0.1) is 26.0 Å². The molecule has 2 rings (SSSR count). The third-order valence-corrected chi connectivity index (χ3v) is 3.37. The van der Waals surface area contributed by atoms with Gasteiger partial charge in [0.2, 0.25) is 0 Å². The van der Waals surface area contributed by atoms with E-state index in [1.54, 1.807) is 12.1 Å². The largest absolute Gasteiger partial charge is 0.464 e. The maximum absolute atomic E-state index is 11.4. The van der Waals surface area contributed by atoms with Crippen LogP contribution in [-0.4, -0.2) is 62.4 Å². The van der Waals surface area contributed by atoms with Gasteiger partial charge in [0, 0.05) is 19.6 Å². The SMILES string of the molecule is COC(=O)c1ccc(N)c(NCCCN2CCOCC2)n1. The first-order valence-electron chi connectivity index (χ1n) is 7.09. The van der Waals surface area contributed by atoms with Gasteiger partial charge < -0.3 is 20.5 Å². The Morgan fingerprint density at radius 1 is 1.48 bits per heavy atom. The summed E-state index contributed by atoms with van der Waals surface area (Å²) < 4.78 is 9.96. The molecule has 0 saturated carbocycles. The fourth-order valence-electron chi connectivity index (χ4n) is 2.16. The first-order chi connectivity index (χ1) is 10.2. The minimum Gasteiger partial charge on any atom is -0.464 e. The number of carbonyl (C=O) groups excluding carboxylic acids is 1. The van der Waals surface area contributed by atoms with Crippen molar-refractivity contribution in [2.75, 3.05) is 57.6 Å². The molecule has 0 amide bonds. The Bertz CT molecular complexity index is 475. The van der Waals surface area contributed by atoms with Crippen LogP contribution in [0.3, 0.4) is 0 Å². The number of morpholine rings is 1. The van der Waals surface area contributed by atoms with Crippen LogP contribution in [0.5, 0.6) is 0 Å². The maximum Gasteiger partial charge on any atom is 0.356 e. The van der Waals surface area contributed by atoms with E-state index < -0.39 is 5.97 Å². The van der Waals surface area contributed by atoms with Gasteiger partial charge in [-0.3, -0.25) is 4.90 Å². The van der Waals surface area contributed by atoms with Crippen molar-refractivity contribution >= 4 is 17.5 Å². The summed E-state index contributed by atoms with van der Waals surface area (Å²) in [5.41, 5.74) is 6.63. The number of nitrogen functional groups attached to an aromatic ring is 1. The van der Waals surface area contributed by atoms with E-state index >= 15 is 0 Å². The summed E-state index contributed by atoms with van der Waals surface area (Å²) in [7, 11) is 1.33.